The van der Waals surface area contributed by atoms with Gasteiger partial charge in [-0.1, -0.05) is 22.9 Å². The molecule has 0 aliphatic rings. The third-order valence-electron chi connectivity index (χ3n) is 2.97. The van der Waals surface area contributed by atoms with Gasteiger partial charge in [0.05, 0.1) is 0 Å². The second kappa shape index (κ2) is 7.37. The lowest BCUT2D eigenvalue weighted by Gasteiger charge is -2.03. The number of nitrogens with zero attached hydrogens (tertiary/aromatic N) is 2. The monoisotopic (exact) mass is 363 g/mol. The molecular weight excluding hydrogens is 353 g/mol. The van der Waals surface area contributed by atoms with Crippen molar-refractivity contribution in [2.24, 2.45) is 0 Å². The van der Waals surface area contributed by atoms with Crippen LogP contribution in [0.25, 0.3) is 0 Å². The van der Waals surface area contributed by atoms with E-state index in [9.17, 15) is 9.18 Å². The predicted molar refractivity (Wildman–Crippen MR) is 90.0 cm³/mol. The van der Waals surface area contributed by atoms with Gasteiger partial charge in [-0.3, -0.25) is 10.1 Å². The maximum atomic E-state index is 12.9. The van der Waals surface area contributed by atoms with Crippen LogP contribution in [0, 0.1) is 5.82 Å². The molecule has 1 amide bonds. The summed E-state index contributed by atoms with van der Waals surface area (Å²) < 4.78 is 18.4. The number of aromatic nitrogens is 2. The summed E-state index contributed by atoms with van der Waals surface area (Å²) in [4.78, 5) is 12.0. The average Bonchev–Trinajstić information content (AvgIpc) is 3.02. The van der Waals surface area contributed by atoms with Crippen LogP contribution < -0.4 is 10.1 Å². The van der Waals surface area contributed by atoms with Crippen LogP contribution in [-0.4, -0.2) is 16.1 Å². The Bertz CT molecular complexity index is 837. The zero-order valence-corrected chi connectivity index (χ0v) is 13.8. The molecule has 2 aromatic carbocycles. The fraction of sp³-hybridized carbons (Fsp3) is 0.0625. The minimum Gasteiger partial charge on any atom is -0.486 e. The van der Waals surface area contributed by atoms with Gasteiger partial charge in [0.25, 0.3) is 5.91 Å². The van der Waals surface area contributed by atoms with E-state index in [1.165, 1.54) is 35.6 Å². The molecule has 0 radical (unpaired) electrons. The average molecular weight is 364 g/mol. The van der Waals surface area contributed by atoms with Crippen molar-refractivity contribution in [1.29, 1.82) is 0 Å². The normalized spacial score (nSPS) is 10.4. The van der Waals surface area contributed by atoms with E-state index >= 15 is 0 Å². The molecule has 1 N–H and O–H groups in total. The first-order chi connectivity index (χ1) is 11.6. The lowest BCUT2D eigenvalue weighted by Crippen LogP contribution is -2.11. The smallest absolute Gasteiger partial charge is 0.257 e. The zero-order chi connectivity index (χ0) is 16.9. The molecule has 0 saturated heterocycles. The molecule has 0 saturated carbocycles. The van der Waals surface area contributed by atoms with Crippen molar-refractivity contribution < 1.29 is 13.9 Å². The summed E-state index contributed by atoms with van der Waals surface area (Å²) in [6.45, 7) is 0.228. The fourth-order valence-corrected chi connectivity index (χ4v) is 2.58. The van der Waals surface area contributed by atoms with Crippen molar-refractivity contribution in [2.75, 3.05) is 5.32 Å². The first kappa shape index (κ1) is 16.4. The highest BCUT2D eigenvalue weighted by Crippen LogP contribution is 2.20. The number of hydrogen-bond acceptors (Lipinski definition) is 5. The molecular formula is C16H11ClFN3O2S. The van der Waals surface area contributed by atoms with E-state index in [-0.39, 0.29) is 12.5 Å². The number of hydrogen-bond donors (Lipinski definition) is 1. The molecule has 0 unspecified atom stereocenters. The number of ether oxygens (including phenoxy) is 1. The molecule has 0 aliphatic heterocycles. The molecule has 0 aliphatic carbocycles. The Morgan fingerprint density at radius 2 is 1.83 bits per heavy atom. The minimum absolute atomic E-state index is 0.228. The molecule has 24 heavy (non-hydrogen) atoms. The first-order valence-electron chi connectivity index (χ1n) is 6.88. The van der Waals surface area contributed by atoms with Crippen LogP contribution in [0.5, 0.6) is 5.75 Å². The molecule has 0 fully saturated rings. The summed E-state index contributed by atoms with van der Waals surface area (Å²) in [7, 11) is 0. The van der Waals surface area contributed by atoms with E-state index in [1.54, 1.807) is 24.3 Å². The Hall–Kier alpha value is -2.51. The van der Waals surface area contributed by atoms with Crippen molar-refractivity contribution in [3.63, 3.8) is 0 Å². The van der Waals surface area contributed by atoms with Gasteiger partial charge < -0.3 is 4.74 Å². The van der Waals surface area contributed by atoms with Gasteiger partial charge in [0.1, 0.15) is 18.2 Å². The number of rotatable bonds is 5. The zero-order valence-electron chi connectivity index (χ0n) is 12.2. The third-order valence-corrected chi connectivity index (χ3v) is 4.03. The molecule has 1 aromatic heterocycles. The summed E-state index contributed by atoms with van der Waals surface area (Å²) in [5.74, 6) is -0.119. The predicted octanol–water partition coefficient (Wildman–Crippen LogP) is 4.16. The second-order valence-electron chi connectivity index (χ2n) is 4.70. The second-order valence-corrected chi connectivity index (χ2v) is 6.20. The van der Waals surface area contributed by atoms with Crippen molar-refractivity contribution in [1.82, 2.24) is 10.2 Å². The Kier molecular flexibility index (Phi) is 5.02. The van der Waals surface area contributed by atoms with E-state index in [1.807, 2.05) is 0 Å². The molecule has 3 aromatic rings. The Morgan fingerprint density at radius 1 is 1.12 bits per heavy atom. The molecule has 1 heterocycles. The van der Waals surface area contributed by atoms with Gasteiger partial charge >= 0.3 is 0 Å². The number of carbonyl (C=O) groups excluding carboxylic acids is 1. The highest BCUT2D eigenvalue weighted by molar-refractivity contribution is 7.15. The SMILES string of the molecule is O=C(Nc1nnc(COc2ccc(Cl)cc2)s1)c1ccc(F)cc1. The van der Waals surface area contributed by atoms with E-state index in [4.69, 9.17) is 16.3 Å². The molecule has 0 spiro atoms. The van der Waals surface area contributed by atoms with Gasteiger partial charge in [-0.25, -0.2) is 4.39 Å². The van der Waals surface area contributed by atoms with Crippen LogP contribution in [0.3, 0.4) is 0 Å². The van der Waals surface area contributed by atoms with Gasteiger partial charge in [-0.05, 0) is 48.5 Å². The van der Waals surface area contributed by atoms with E-state index in [2.05, 4.69) is 15.5 Å². The van der Waals surface area contributed by atoms with Crippen molar-refractivity contribution >= 4 is 34.0 Å². The summed E-state index contributed by atoms with van der Waals surface area (Å²) >= 11 is 7.01. The van der Waals surface area contributed by atoms with Gasteiger partial charge in [0.2, 0.25) is 5.13 Å². The lowest BCUT2D eigenvalue weighted by atomic mass is 10.2. The van der Waals surface area contributed by atoms with Crippen LogP contribution in [0.4, 0.5) is 9.52 Å². The summed E-state index contributed by atoms with van der Waals surface area (Å²) in [6, 6.07) is 12.2. The number of halogens is 2. The fourth-order valence-electron chi connectivity index (χ4n) is 1.81. The van der Waals surface area contributed by atoms with E-state index in [0.717, 1.165) is 0 Å². The highest BCUT2D eigenvalue weighted by atomic mass is 35.5. The van der Waals surface area contributed by atoms with Crippen LogP contribution in [0.1, 0.15) is 15.4 Å². The number of benzene rings is 2. The van der Waals surface area contributed by atoms with Crippen molar-refractivity contribution in [2.45, 2.75) is 6.61 Å². The topological polar surface area (TPSA) is 64.1 Å². The van der Waals surface area contributed by atoms with Gasteiger partial charge in [-0.2, -0.15) is 0 Å². The van der Waals surface area contributed by atoms with Crippen LogP contribution in [-0.2, 0) is 6.61 Å². The Labute approximate surface area is 146 Å². The third kappa shape index (κ3) is 4.27. The van der Waals surface area contributed by atoms with Crippen LogP contribution >= 0.6 is 22.9 Å². The molecule has 0 atom stereocenters. The lowest BCUT2D eigenvalue weighted by molar-refractivity contribution is 0.102. The minimum atomic E-state index is -0.399. The largest absolute Gasteiger partial charge is 0.486 e. The van der Waals surface area contributed by atoms with Gasteiger partial charge in [-0.15, -0.1) is 10.2 Å². The number of anilines is 1. The Balaban J connectivity index is 1.58. The molecule has 122 valence electrons. The molecule has 0 bridgehead atoms. The summed E-state index contributed by atoms with van der Waals surface area (Å²) in [5.41, 5.74) is 0.338. The number of carbonyl (C=O) groups is 1. The van der Waals surface area contributed by atoms with Crippen molar-refractivity contribution in [3.05, 3.63) is 69.9 Å². The van der Waals surface area contributed by atoms with Gasteiger partial charge in [0, 0.05) is 10.6 Å². The summed E-state index contributed by atoms with van der Waals surface area (Å²) in [5, 5.41) is 12.0. The van der Waals surface area contributed by atoms with Gasteiger partial charge in [0.15, 0.2) is 5.01 Å². The number of amides is 1. The summed E-state index contributed by atoms with van der Waals surface area (Å²) in [6.07, 6.45) is 0. The van der Waals surface area contributed by atoms with E-state index < -0.39 is 5.82 Å². The molecule has 8 heteroatoms. The highest BCUT2D eigenvalue weighted by Gasteiger charge is 2.10. The quantitative estimate of drug-likeness (QED) is 0.739. The van der Waals surface area contributed by atoms with Crippen molar-refractivity contribution in [3.8, 4) is 5.75 Å². The molecule has 3 rings (SSSR count). The number of nitrogens with one attached hydrogen (secondary N) is 1. The van der Waals surface area contributed by atoms with Crippen LogP contribution in [0.2, 0.25) is 5.02 Å². The standard InChI is InChI=1S/C16H11ClFN3O2S/c17-11-3-7-13(8-4-11)23-9-14-20-21-16(24-14)19-15(22)10-1-5-12(18)6-2-10/h1-8H,9H2,(H,19,21,22). The van der Waals surface area contributed by atoms with Crippen LogP contribution in [0.15, 0.2) is 48.5 Å². The molecule has 5 nitrogen and oxygen atoms in total. The van der Waals surface area contributed by atoms with E-state index in [0.29, 0.717) is 26.5 Å². The first-order valence-corrected chi connectivity index (χ1v) is 8.07. The Morgan fingerprint density at radius 3 is 2.54 bits per heavy atom. The maximum absolute atomic E-state index is 12.9. The maximum Gasteiger partial charge on any atom is 0.257 e.